The highest BCUT2D eigenvalue weighted by molar-refractivity contribution is 5.92. The Labute approximate surface area is 149 Å². The predicted octanol–water partition coefficient (Wildman–Crippen LogP) is 1.57. The molecule has 1 aromatic rings. The van der Waals surface area contributed by atoms with Crippen molar-refractivity contribution < 1.29 is 9.59 Å². The second kappa shape index (κ2) is 8.47. The molecule has 0 radical (unpaired) electrons. The van der Waals surface area contributed by atoms with Crippen LogP contribution in [0, 0.1) is 5.92 Å². The second-order valence-corrected chi connectivity index (χ2v) is 7.07. The first-order valence-corrected chi connectivity index (χ1v) is 9.49. The molecule has 0 spiro atoms. The number of anilines is 1. The second-order valence-electron chi connectivity index (χ2n) is 7.07. The average molecular weight is 347 g/mol. The van der Waals surface area contributed by atoms with Crippen molar-refractivity contribution in [2.24, 2.45) is 5.92 Å². The van der Waals surface area contributed by atoms with Gasteiger partial charge in [0.2, 0.25) is 11.8 Å². The summed E-state index contributed by atoms with van der Waals surface area (Å²) < 4.78 is 1.80. The predicted molar refractivity (Wildman–Crippen MR) is 96.1 cm³/mol. The summed E-state index contributed by atoms with van der Waals surface area (Å²) in [6.07, 6.45) is 8.65. The molecular weight excluding hydrogens is 318 g/mol. The van der Waals surface area contributed by atoms with Crippen LogP contribution in [-0.2, 0) is 16.1 Å². The minimum atomic E-state index is 0.0197. The molecule has 0 aromatic carbocycles. The van der Waals surface area contributed by atoms with Crippen LogP contribution < -0.4 is 5.32 Å². The van der Waals surface area contributed by atoms with Gasteiger partial charge in [-0.1, -0.05) is 0 Å². The van der Waals surface area contributed by atoms with Crippen LogP contribution in [-0.4, -0.2) is 64.1 Å². The van der Waals surface area contributed by atoms with E-state index in [-0.39, 0.29) is 17.7 Å². The Morgan fingerprint density at radius 2 is 1.88 bits per heavy atom. The first-order valence-electron chi connectivity index (χ1n) is 9.49. The molecule has 25 heavy (non-hydrogen) atoms. The van der Waals surface area contributed by atoms with Gasteiger partial charge in [0.1, 0.15) is 0 Å². The van der Waals surface area contributed by atoms with Crippen molar-refractivity contribution in [1.29, 1.82) is 0 Å². The van der Waals surface area contributed by atoms with Gasteiger partial charge >= 0.3 is 0 Å². The van der Waals surface area contributed by atoms with Crippen molar-refractivity contribution in [3.8, 4) is 0 Å². The van der Waals surface area contributed by atoms with E-state index < -0.39 is 0 Å². The van der Waals surface area contributed by atoms with Crippen LogP contribution in [0.1, 0.15) is 39.0 Å². The Morgan fingerprint density at radius 3 is 2.52 bits per heavy atom. The number of rotatable bonds is 5. The van der Waals surface area contributed by atoms with Gasteiger partial charge in [0.05, 0.1) is 18.4 Å². The lowest BCUT2D eigenvalue weighted by Gasteiger charge is -2.33. The normalized spacial score (nSPS) is 19.8. The van der Waals surface area contributed by atoms with Crippen LogP contribution >= 0.6 is 0 Å². The van der Waals surface area contributed by atoms with Crippen molar-refractivity contribution >= 4 is 17.5 Å². The SMILES string of the molecule is CCn1cc(NC(=O)C2CCN(CC(=O)N3CCCCC3)CC2)cn1. The Balaban J connectivity index is 1.41. The van der Waals surface area contributed by atoms with Crippen molar-refractivity contribution in [2.45, 2.75) is 45.6 Å². The fourth-order valence-electron chi connectivity index (χ4n) is 3.63. The summed E-state index contributed by atoms with van der Waals surface area (Å²) in [6, 6.07) is 0. The molecule has 0 saturated carbocycles. The number of carbonyl (C=O) groups excluding carboxylic acids is 2. The monoisotopic (exact) mass is 347 g/mol. The first kappa shape index (κ1) is 17.9. The molecule has 1 aromatic heterocycles. The molecule has 2 aliphatic heterocycles. The van der Waals surface area contributed by atoms with Crippen molar-refractivity contribution in [1.82, 2.24) is 19.6 Å². The van der Waals surface area contributed by atoms with E-state index in [1.165, 1.54) is 6.42 Å². The molecule has 2 amide bonds. The minimum Gasteiger partial charge on any atom is -0.342 e. The standard InChI is InChI=1S/C18H29N5O2/c1-2-23-13-16(12-19-23)20-18(25)15-6-10-21(11-7-15)14-17(24)22-8-4-3-5-9-22/h12-13,15H,2-11,14H2,1H3,(H,20,25). The van der Waals surface area contributed by atoms with E-state index in [2.05, 4.69) is 15.3 Å². The Morgan fingerprint density at radius 1 is 1.16 bits per heavy atom. The molecule has 0 aliphatic carbocycles. The molecule has 2 fully saturated rings. The quantitative estimate of drug-likeness (QED) is 0.878. The molecular formula is C18H29N5O2. The number of hydrogen-bond donors (Lipinski definition) is 1. The number of nitrogens with one attached hydrogen (secondary N) is 1. The Kier molecular flexibility index (Phi) is 6.07. The lowest BCUT2D eigenvalue weighted by molar-refractivity contribution is -0.133. The van der Waals surface area contributed by atoms with Gasteiger partial charge in [-0.05, 0) is 52.1 Å². The van der Waals surface area contributed by atoms with Gasteiger partial charge in [-0.15, -0.1) is 0 Å². The highest BCUT2D eigenvalue weighted by atomic mass is 16.2. The van der Waals surface area contributed by atoms with Gasteiger partial charge in [-0.3, -0.25) is 19.2 Å². The van der Waals surface area contributed by atoms with Crippen LogP contribution in [0.25, 0.3) is 0 Å². The molecule has 1 N–H and O–H groups in total. The summed E-state index contributed by atoms with van der Waals surface area (Å²) in [5, 5.41) is 7.13. The molecule has 3 heterocycles. The van der Waals surface area contributed by atoms with Crippen LogP contribution in [0.3, 0.4) is 0 Å². The van der Waals surface area contributed by atoms with E-state index in [0.717, 1.165) is 64.1 Å². The van der Waals surface area contributed by atoms with Crippen molar-refractivity contribution in [2.75, 3.05) is 38.0 Å². The third kappa shape index (κ3) is 4.81. The zero-order chi connectivity index (χ0) is 17.6. The summed E-state index contributed by atoms with van der Waals surface area (Å²) in [5.41, 5.74) is 0.759. The first-order chi connectivity index (χ1) is 12.2. The molecule has 0 bridgehead atoms. The Bertz CT molecular complexity index is 586. The maximum absolute atomic E-state index is 12.4. The summed E-state index contributed by atoms with van der Waals surface area (Å²) in [7, 11) is 0. The third-order valence-corrected chi connectivity index (χ3v) is 5.25. The number of aromatic nitrogens is 2. The third-order valence-electron chi connectivity index (χ3n) is 5.25. The van der Waals surface area contributed by atoms with Crippen LogP contribution in [0.5, 0.6) is 0 Å². The van der Waals surface area contributed by atoms with Crippen molar-refractivity contribution in [3.63, 3.8) is 0 Å². The lowest BCUT2D eigenvalue weighted by Crippen LogP contribution is -2.46. The van der Waals surface area contributed by atoms with Crippen LogP contribution in [0.4, 0.5) is 5.69 Å². The zero-order valence-electron chi connectivity index (χ0n) is 15.1. The lowest BCUT2D eigenvalue weighted by atomic mass is 9.96. The number of carbonyl (C=O) groups is 2. The molecule has 0 atom stereocenters. The summed E-state index contributed by atoms with van der Waals surface area (Å²) in [6.45, 7) is 6.74. The number of hydrogen-bond acceptors (Lipinski definition) is 4. The van der Waals surface area contributed by atoms with E-state index in [4.69, 9.17) is 0 Å². The van der Waals surface area contributed by atoms with Crippen LogP contribution in [0.2, 0.25) is 0 Å². The number of aryl methyl sites for hydroxylation is 1. The topological polar surface area (TPSA) is 70.5 Å². The molecule has 7 heteroatoms. The molecule has 3 rings (SSSR count). The average Bonchev–Trinajstić information content (AvgIpc) is 3.10. The molecule has 0 unspecified atom stereocenters. The van der Waals surface area contributed by atoms with Gasteiger partial charge < -0.3 is 10.2 Å². The maximum Gasteiger partial charge on any atom is 0.236 e. The molecule has 7 nitrogen and oxygen atoms in total. The van der Waals surface area contributed by atoms with Crippen LogP contribution in [0.15, 0.2) is 12.4 Å². The summed E-state index contributed by atoms with van der Waals surface area (Å²) in [5.74, 6) is 0.332. The fraction of sp³-hybridized carbons (Fsp3) is 0.722. The molecule has 138 valence electrons. The molecule has 2 aliphatic rings. The molecule has 2 saturated heterocycles. The van der Waals surface area contributed by atoms with E-state index in [0.29, 0.717) is 6.54 Å². The highest BCUT2D eigenvalue weighted by Crippen LogP contribution is 2.20. The summed E-state index contributed by atoms with van der Waals surface area (Å²) >= 11 is 0. The van der Waals surface area contributed by atoms with E-state index in [9.17, 15) is 9.59 Å². The maximum atomic E-state index is 12.4. The zero-order valence-corrected chi connectivity index (χ0v) is 15.1. The number of piperidine rings is 2. The summed E-state index contributed by atoms with van der Waals surface area (Å²) in [4.78, 5) is 28.9. The largest absolute Gasteiger partial charge is 0.342 e. The smallest absolute Gasteiger partial charge is 0.236 e. The highest BCUT2D eigenvalue weighted by Gasteiger charge is 2.27. The van der Waals surface area contributed by atoms with Gasteiger partial charge in [0.15, 0.2) is 0 Å². The Hall–Kier alpha value is -1.89. The van der Waals surface area contributed by atoms with Crippen molar-refractivity contribution in [3.05, 3.63) is 12.4 Å². The van der Waals surface area contributed by atoms with E-state index in [1.807, 2.05) is 18.0 Å². The minimum absolute atomic E-state index is 0.0197. The fourth-order valence-corrected chi connectivity index (χ4v) is 3.63. The number of amides is 2. The van der Waals surface area contributed by atoms with E-state index in [1.54, 1.807) is 10.9 Å². The van der Waals surface area contributed by atoms with Gasteiger partial charge in [-0.2, -0.15) is 5.10 Å². The van der Waals surface area contributed by atoms with Gasteiger partial charge in [0, 0.05) is 31.7 Å². The van der Waals surface area contributed by atoms with E-state index >= 15 is 0 Å². The number of likely N-dealkylation sites (tertiary alicyclic amines) is 2. The van der Waals surface area contributed by atoms with Gasteiger partial charge in [0.25, 0.3) is 0 Å². The number of nitrogens with zero attached hydrogens (tertiary/aromatic N) is 4. The van der Waals surface area contributed by atoms with Gasteiger partial charge in [-0.25, -0.2) is 0 Å².